The molecule has 94 valence electrons. The number of aryl methyl sites for hydroxylation is 2. The second-order valence-corrected chi connectivity index (χ2v) is 5.70. The van der Waals surface area contributed by atoms with Crippen molar-refractivity contribution in [1.82, 2.24) is 10.5 Å². The van der Waals surface area contributed by atoms with Gasteiger partial charge < -0.3 is 9.84 Å². The Kier molecular flexibility index (Phi) is 5.77. The summed E-state index contributed by atoms with van der Waals surface area (Å²) in [6.07, 6.45) is 0. The van der Waals surface area contributed by atoms with Crippen LogP contribution in [0.2, 0.25) is 0 Å². The topological polar surface area (TPSA) is 55.1 Å². The van der Waals surface area contributed by atoms with Gasteiger partial charge in [0.15, 0.2) is 0 Å². The number of rotatable bonds is 6. The fraction of sp³-hybridized carbons (Fsp3) is 0.455. The molecule has 0 unspecified atom stereocenters. The first-order valence-electron chi connectivity index (χ1n) is 5.10. The quantitative estimate of drug-likeness (QED) is 0.875. The first-order valence-corrected chi connectivity index (χ1v) is 7.05. The maximum atomic E-state index is 11.4. The number of carbonyl (C=O) groups excluding carboxylic acids is 1. The summed E-state index contributed by atoms with van der Waals surface area (Å²) in [5, 5.41) is 6.61. The molecule has 0 saturated carbocycles. The van der Waals surface area contributed by atoms with E-state index in [9.17, 15) is 4.79 Å². The number of hydrogen-bond acceptors (Lipinski definition) is 4. The molecule has 0 aliphatic rings. The van der Waals surface area contributed by atoms with Gasteiger partial charge >= 0.3 is 0 Å². The van der Waals surface area contributed by atoms with Crippen LogP contribution in [0.4, 0.5) is 0 Å². The van der Waals surface area contributed by atoms with Gasteiger partial charge in [-0.1, -0.05) is 27.7 Å². The maximum absolute atomic E-state index is 11.4. The summed E-state index contributed by atoms with van der Waals surface area (Å²) < 4.78 is 5.82. The van der Waals surface area contributed by atoms with Crippen molar-refractivity contribution in [2.75, 3.05) is 12.3 Å². The number of carbonyl (C=O) groups is 1. The van der Waals surface area contributed by atoms with E-state index in [-0.39, 0.29) is 5.91 Å². The fourth-order valence-electron chi connectivity index (χ4n) is 1.20. The lowest BCUT2D eigenvalue weighted by Crippen LogP contribution is -2.26. The van der Waals surface area contributed by atoms with Crippen LogP contribution in [0.1, 0.15) is 17.0 Å². The van der Waals surface area contributed by atoms with Gasteiger partial charge in [-0.3, -0.25) is 4.79 Å². The third-order valence-electron chi connectivity index (χ3n) is 2.14. The van der Waals surface area contributed by atoms with Crippen molar-refractivity contribution in [2.24, 2.45) is 0 Å². The molecule has 0 fully saturated rings. The van der Waals surface area contributed by atoms with Crippen LogP contribution in [0.5, 0.6) is 0 Å². The molecule has 1 rings (SSSR count). The highest BCUT2D eigenvalue weighted by Crippen LogP contribution is 2.19. The van der Waals surface area contributed by atoms with E-state index in [0.717, 1.165) is 27.3 Å². The molecule has 0 aromatic carbocycles. The monoisotopic (exact) mass is 318 g/mol. The molecule has 1 amide bonds. The number of hydrogen-bond donors (Lipinski definition) is 1. The van der Waals surface area contributed by atoms with Gasteiger partial charge in [0.05, 0.1) is 11.4 Å². The molecular formula is C11H15BrN2O2S. The Morgan fingerprint density at radius 2 is 2.29 bits per heavy atom. The average Bonchev–Trinajstić information content (AvgIpc) is 2.57. The lowest BCUT2D eigenvalue weighted by Gasteiger charge is -2.03. The molecule has 1 heterocycles. The Balaban J connectivity index is 2.28. The first kappa shape index (κ1) is 14.3. The largest absolute Gasteiger partial charge is 0.361 e. The van der Waals surface area contributed by atoms with Crippen molar-refractivity contribution in [2.45, 2.75) is 19.6 Å². The predicted molar refractivity (Wildman–Crippen MR) is 73.2 cm³/mol. The van der Waals surface area contributed by atoms with Gasteiger partial charge in [0.1, 0.15) is 5.76 Å². The summed E-state index contributed by atoms with van der Waals surface area (Å²) in [5.74, 6) is 1.99. The minimum Gasteiger partial charge on any atom is -0.361 e. The molecule has 0 atom stereocenters. The summed E-state index contributed by atoms with van der Waals surface area (Å²) >= 11 is 4.73. The van der Waals surface area contributed by atoms with E-state index >= 15 is 0 Å². The SMILES string of the molecule is C=C(Br)CNC(=O)CSCc1c(C)noc1C. The van der Waals surface area contributed by atoms with Crippen LogP contribution >= 0.6 is 27.7 Å². The van der Waals surface area contributed by atoms with Crippen LogP contribution in [-0.4, -0.2) is 23.4 Å². The number of halogens is 1. The normalized spacial score (nSPS) is 10.3. The average molecular weight is 319 g/mol. The van der Waals surface area contributed by atoms with Crippen LogP contribution in [-0.2, 0) is 10.5 Å². The molecule has 6 heteroatoms. The molecule has 17 heavy (non-hydrogen) atoms. The molecule has 1 N–H and O–H groups in total. The zero-order chi connectivity index (χ0) is 12.8. The van der Waals surface area contributed by atoms with Gasteiger partial charge in [0, 0.05) is 22.3 Å². The molecule has 1 aromatic rings. The van der Waals surface area contributed by atoms with Crippen molar-refractivity contribution in [3.8, 4) is 0 Å². The number of thioether (sulfide) groups is 1. The third kappa shape index (κ3) is 4.95. The minimum atomic E-state index is 0.00219. The van der Waals surface area contributed by atoms with Gasteiger partial charge in [-0.25, -0.2) is 0 Å². The number of aromatic nitrogens is 1. The Labute approximate surface area is 113 Å². The van der Waals surface area contributed by atoms with Gasteiger partial charge in [-0.15, -0.1) is 11.8 Å². The lowest BCUT2D eigenvalue weighted by molar-refractivity contribution is -0.118. The Hall–Kier alpha value is -0.750. The van der Waals surface area contributed by atoms with E-state index in [1.165, 1.54) is 0 Å². The Morgan fingerprint density at radius 3 is 2.82 bits per heavy atom. The van der Waals surface area contributed by atoms with Gasteiger partial charge in [0.2, 0.25) is 5.91 Å². The maximum Gasteiger partial charge on any atom is 0.230 e. The van der Waals surface area contributed by atoms with E-state index in [0.29, 0.717) is 12.3 Å². The van der Waals surface area contributed by atoms with E-state index in [4.69, 9.17) is 4.52 Å². The second-order valence-electron chi connectivity index (χ2n) is 3.59. The highest BCUT2D eigenvalue weighted by Gasteiger charge is 2.09. The van der Waals surface area contributed by atoms with Crippen LogP contribution in [0.25, 0.3) is 0 Å². The standard InChI is InChI=1S/C11H15BrN2O2S/c1-7(12)4-13-11(15)6-17-5-10-8(2)14-16-9(10)3/h1,4-6H2,2-3H3,(H,13,15). The van der Waals surface area contributed by atoms with Gasteiger partial charge in [0.25, 0.3) is 0 Å². The molecule has 0 saturated heterocycles. The molecule has 0 bridgehead atoms. The molecule has 1 aromatic heterocycles. The zero-order valence-electron chi connectivity index (χ0n) is 9.88. The summed E-state index contributed by atoms with van der Waals surface area (Å²) in [5.41, 5.74) is 1.97. The molecule has 4 nitrogen and oxygen atoms in total. The van der Waals surface area contributed by atoms with Crippen LogP contribution < -0.4 is 5.32 Å². The number of nitrogens with one attached hydrogen (secondary N) is 1. The second kappa shape index (κ2) is 6.86. The summed E-state index contributed by atoms with van der Waals surface area (Å²) in [6, 6.07) is 0. The van der Waals surface area contributed by atoms with Crippen LogP contribution in [0.15, 0.2) is 15.6 Å². The summed E-state index contributed by atoms with van der Waals surface area (Å²) in [4.78, 5) is 11.4. The highest BCUT2D eigenvalue weighted by molar-refractivity contribution is 9.11. The molecule has 0 spiro atoms. The molecule has 0 aliphatic heterocycles. The molecule has 0 aliphatic carbocycles. The van der Waals surface area contributed by atoms with E-state index in [1.54, 1.807) is 11.8 Å². The predicted octanol–water partition coefficient (Wildman–Crippen LogP) is 2.55. The van der Waals surface area contributed by atoms with Crippen molar-refractivity contribution in [3.05, 3.63) is 28.1 Å². The van der Waals surface area contributed by atoms with Crippen molar-refractivity contribution in [1.29, 1.82) is 0 Å². The van der Waals surface area contributed by atoms with Crippen molar-refractivity contribution >= 4 is 33.6 Å². The fourth-order valence-corrected chi connectivity index (χ4v) is 2.35. The zero-order valence-corrected chi connectivity index (χ0v) is 12.3. The van der Waals surface area contributed by atoms with E-state index in [2.05, 4.69) is 33.0 Å². The first-order chi connectivity index (χ1) is 8.00. The highest BCUT2D eigenvalue weighted by atomic mass is 79.9. The molecule has 0 radical (unpaired) electrons. The Bertz CT molecular complexity index is 398. The van der Waals surface area contributed by atoms with Gasteiger partial charge in [-0.2, -0.15) is 0 Å². The van der Waals surface area contributed by atoms with Crippen LogP contribution in [0.3, 0.4) is 0 Å². The van der Waals surface area contributed by atoms with Gasteiger partial charge in [-0.05, 0) is 13.8 Å². The lowest BCUT2D eigenvalue weighted by atomic mass is 10.2. The Morgan fingerprint density at radius 1 is 1.59 bits per heavy atom. The number of amides is 1. The summed E-state index contributed by atoms with van der Waals surface area (Å²) in [7, 11) is 0. The van der Waals surface area contributed by atoms with E-state index in [1.807, 2.05) is 13.8 Å². The van der Waals surface area contributed by atoms with Crippen molar-refractivity contribution < 1.29 is 9.32 Å². The third-order valence-corrected chi connectivity index (χ3v) is 3.38. The molecular weight excluding hydrogens is 304 g/mol. The summed E-state index contributed by atoms with van der Waals surface area (Å²) in [6.45, 7) is 7.89. The smallest absolute Gasteiger partial charge is 0.230 e. The van der Waals surface area contributed by atoms with Crippen LogP contribution in [0, 0.1) is 13.8 Å². The van der Waals surface area contributed by atoms with E-state index < -0.39 is 0 Å². The van der Waals surface area contributed by atoms with Crippen molar-refractivity contribution in [3.63, 3.8) is 0 Å². The minimum absolute atomic E-state index is 0.00219. The number of nitrogens with zero attached hydrogens (tertiary/aromatic N) is 1.